The zero-order valence-electron chi connectivity index (χ0n) is 17.2. The Hall–Kier alpha value is -1.64. The lowest BCUT2D eigenvalue weighted by molar-refractivity contribution is -0.119. The molecular formula is C21H29ClN6OS. The molecule has 1 aliphatic carbocycles. The molecule has 0 unspecified atom stereocenters. The van der Waals surface area contributed by atoms with Crippen molar-refractivity contribution in [1.29, 1.82) is 0 Å². The van der Waals surface area contributed by atoms with Gasteiger partial charge in [-0.3, -0.25) is 9.69 Å². The summed E-state index contributed by atoms with van der Waals surface area (Å²) >= 11 is 7.42. The van der Waals surface area contributed by atoms with Crippen molar-refractivity contribution in [3.63, 3.8) is 0 Å². The van der Waals surface area contributed by atoms with E-state index >= 15 is 0 Å². The SMILES string of the molecule is O=C(CSc1nnnn1-c1cccc(Cl)c1)NCC1(N2CCCCC2)CCCCC1. The van der Waals surface area contributed by atoms with E-state index in [0.717, 1.165) is 12.2 Å². The number of carbonyl (C=O) groups is 1. The average molecular weight is 449 g/mol. The monoisotopic (exact) mass is 448 g/mol. The van der Waals surface area contributed by atoms with Gasteiger partial charge in [-0.2, -0.15) is 4.68 Å². The van der Waals surface area contributed by atoms with Crippen LogP contribution in [0.3, 0.4) is 0 Å². The third-order valence-electron chi connectivity index (χ3n) is 6.25. The van der Waals surface area contributed by atoms with Gasteiger partial charge in [0.2, 0.25) is 11.1 Å². The number of hydrogen-bond donors (Lipinski definition) is 1. The fourth-order valence-electron chi connectivity index (χ4n) is 4.67. The van der Waals surface area contributed by atoms with Crippen LogP contribution in [0.1, 0.15) is 51.4 Å². The van der Waals surface area contributed by atoms with Gasteiger partial charge in [0.1, 0.15) is 0 Å². The van der Waals surface area contributed by atoms with Crippen molar-refractivity contribution in [1.82, 2.24) is 30.4 Å². The highest BCUT2D eigenvalue weighted by molar-refractivity contribution is 7.99. The van der Waals surface area contributed by atoms with Crippen LogP contribution in [0, 0.1) is 0 Å². The minimum absolute atomic E-state index is 0.0302. The van der Waals surface area contributed by atoms with Crippen LogP contribution in [-0.4, -0.2) is 61.9 Å². The number of amides is 1. The molecule has 4 rings (SSSR count). The summed E-state index contributed by atoms with van der Waals surface area (Å²) in [6.45, 7) is 3.07. The van der Waals surface area contributed by atoms with Crippen LogP contribution in [0.25, 0.3) is 5.69 Å². The first kappa shape index (κ1) is 21.6. The first-order valence-electron chi connectivity index (χ1n) is 10.9. The molecule has 1 aliphatic heterocycles. The van der Waals surface area contributed by atoms with Crippen molar-refractivity contribution in [2.45, 2.75) is 62.1 Å². The standard InChI is InChI=1S/C21H29ClN6OS/c22-17-8-7-9-18(14-17)28-20(24-25-26-28)30-15-19(29)23-16-21(10-3-1-4-11-21)27-12-5-2-6-13-27/h7-9,14H,1-6,10-13,15-16H2,(H,23,29). The maximum absolute atomic E-state index is 12.7. The number of hydrogen-bond acceptors (Lipinski definition) is 6. The van der Waals surface area contributed by atoms with E-state index in [9.17, 15) is 4.79 Å². The smallest absolute Gasteiger partial charge is 0.230 e. The lowest BCUT2D eigenvalue weighted by Crippen LogP contribution is -2.58. The van der Waals surface area contributed by atoms with E-state index in [1.54, 1.807) is 16.8 Å². The van der Waals surface area contributed by atoms with Crippen molar-refractivity contribution in [2.24, 2.45) is 0 Å². The van der Waals surface area contributed by atoms with Crippen molar-refractivity contribution in [3.05, 3.63) is 29.3 Å². The molecular weight excluding hydrogens is 420 g/mol. The molecule has 1 amide bonds. The Kier molecular flexibility index (Phi) is 7.28. The molecule has 30 heavy (non-hydrogen) atoms. The maximum atomic E-state index is 12.7. The molecule has 0 bridgehead atoms. The van der Waals surface area contributed by atoms with E-state index in [1.807, 2.05) is 12.1 Å². The van der Waals surface area contributed by atoms with Gasteiger partial charge in [-0.25, -0.2) is 0 Å². The number of tetrazole rings is 1. The summed E-state index contributed by atoms with van der Waals surface area (Å²) in [6.07, 6.45) is 10.1. The van der Waals surface area contributed by atoms with Gasteiger partial charge in [0.15, 0.2) is 0 Å². The molecule has 7 nitrogen and oxygen atoms in total. The number of rotatable bonds is 7. The third kappa shape index (κ3) is 5.15. The summed E-state index contributed by atoms with van der Waals surface area (Å²) in [5.74, 6) is 0.319. The van der Waals surface area contributed by atoms with Gasteiger partial charge in [-0.1, -0.05) is 55.1 Å². The van der Waals surface area contributed by atoms with Crippen LogP contribution in [0.2, 0.25) is 5.02 Å². The van der Waals surface area contributed by atoms with Crippen LogP contribution in [0.15, 0.2) is 29.4 Å². The lowest BCUT2D eigenvalue weighted by Gasteiger charge is -2.48. The van der Waals surface area contributed by atoms with Crippen LogP contribution in [0.5, 0.6) is 0 Å². The van der Waals surface area contributed by atoms with E-state index in [1.165, 1.54) is 76.2 Å². The largest absolute Gasteiger partial charge is 0.354 e. The molecule has 2 fully saturated rings. The van der Waals surface area contributed by atoms with E-state index in [0.29, 0.717) is 10.2 Å². The molecule has 1 saturated heterocycles. The highest BCUT2D eigenvalue weighted by Gasteiger charge is 2.38. The predicted octanol–water partition coefficient (Wildman–Crippen LogP) is 3.71. The first-order chi connectivity index (χ1) is 14.7. The summed E-state index contributed by atoms with van der Waals surface area (Å²) in [5, 5.41) is 16.3. The number of nitrogens with zero attached hydrogens (tertiary/aromatic N) is 5. The van der Waals surface area contributed by atoms with Crippen LogP contribution < -0.4 is 5.32 Å². The summed E-state index contributed by atoms with van der Waals surface area (Å²) in [6, 6.07) is 7.34. The van der Waals surface area contributed by atoms with Crippen molar-refractivity contribution < 1.29 is 4.79 Å². The van der Waals surface area contributed by atoms with Gasteiger partial charge >= 0.3 is 0 Å². The molecule has 1 N–H and O–H groups in total. The molecule has 1 saturated carbocycles. The number of carbonyl (C=O) groups excluding carboxylic acids is 1. The van der Waals surface area contributed by atoms with Crippen LogP contribution in [-0.2, 0) is 4.79 Å². The summed E-state index contributed by atoms with van der Waals surface area (Å²) in [5.41, 5.74) is 0.920. The Labute approximate surface area is 186 Å². The second-order valence-corrected chi connectivity index (χ2v) is 9.63. The normalized spacial score (nSPS) is 19.5. The minimum atomic E-state index is 0.0302. The third-order valence-corrected chi connectivity index (χ3v) is 7.41. The molecule has 1 aromatic carbocycles. The van der Waals surface area contributed by atoms with Gasteiger partial charge in [-0.05, 0) is 67.4 Å². The second kappa shape index (κ2) is 10.1. The Morgan fingerprint density at radius 2 is 1.90 bits per heavy atom. The maximum Gasteiger partial charge on any atom is 0.230 e. The van der Waals surface area contributed by atoms with Crippen molar-refractivity contribution in [2.75, 3.05) is 25.4 Å². The fourth-order valence-corrected chi connectivity index (χ4v) is 5.57. The zero-order chi connectivity index (χ0) is 20.8. The van der Waals surface area contributed by atoms with Crippen LogP contribution in [0.4, 0.5) is 0 Å². The zero-order valence-corrected chi connectivity index (χ0v) is 18.8. The van der Waals surface area contributed by atoms with Crippen molar-refractivity contribution in [3.8, 4) is 5.69 Å². The molecule has 0 radical (unpaired) electrons. The summed E-state index contributed by atoms with van der Waals surface area (Å²) < 4.78 is 1.61. The minimum Gasteiger partial charge on any atom is -0.354 e. The fraction of sp³-hybridized carbons (Fsp3) is 0.619. The van der Waals surface area contributed by atoms with E-state index < -0.39 is 0 Å². The van der Waals surface area contributed by atoms with E-state index in [2.05, 4.69) is 25.7 Å². The summed E-state index contributed by atoms with van der Waals surface area (Å²) in [4.78, 5) is 15.3. The number of benzene rings is 1. The van der Waals surface area contributed by atoms with E-state index in [-0.39, 0.29) is 17.2 Å². The molecule has 162 valence electrons. The molecule has 0 spiro atoms. The van der Waals surface area contributed by atoms with Gasteiger partial charge in [0, 0.05) is 17.1 Å². The van der Waals surface area contributed by atoms with Crippen molar-refractivity contribution >= 4 is 29.3 Å². The van der Waals surface area contributed by atoms with Gasteiger partial charge in [0.05, 0.1) is 11.4 Å². The van der Waals surface area contributed by atoms with Crippen LogP contribution >= 0.6 is 23.4 Å². The Balaban J connectivity index is 1.34. The molecule has 9 heteroatoms. The average Bonchev–Trinajstić information content (AvgIpc) is 3.26. The molecule has 2 aliphatic rings. The second-order valence-electron chi connectivity index (χ2n) is 8.25. The molecule has 0 atom stereocenters. The predicted molar refractivity (Wildman–Crippen MR) is 119 cm³/mol. The molecule has 2 heterocycles. The number of aromatic nitrogens is 4. The number of halogens is 1. The Morgan fingerprint density at radius 1 is 1.13 bits per heavy atom. The highest BCUT2D eigenvalue weighted by atomic mass is 35.5. The Bertz CT molecular complexity index is 848. The quantitative estimate of drug-likeness (QED) is 0.650. The molecule has 2 aromatic rings. The topological polar surface area (TPSA) is 75.9 Å². The van der Waals surface area contributed by atoms with Gasteiger partial charge in [0.25, 0.3) is 0 Å². The summed E-state index contributed by atoms with van der Waals surface area (Å²) in [7, 11) is 0. The number of likely N-dealkylation sites (tertiary alicyclic amines) is 1. The number of piperidine rings is 1. The lowest BCUT2D eigenvalue weighted by atomic mass is 9.79. The number of nitrogens with one attached hydrogen (secondary N) is 1. The highest BCUT2D eigenvalue weighted by Crippen LogP contribution is 2.35. The Morgan fingerprint density at radius 3 is 2.67 bits per heavy atom. The molecule has 1 aromatic heterocycles. The van der Waals surface area contributed by atoms with E-state index in [4.69, 9.17) is 11.6 Å². The first-order valence-corrected chi connectivity index (χ1v) is 12.2. The number of thioether (sulfide) groups is 1. The van der Waals surface area contributed by atoms with Gasteiger partial charge < -0.3 is 5.32 Å². The van der Waals surface area contributed by atoms with Gasteiger partial charge in [-0.15, -0.1) is 5.10 Å².